The van der Waals surface area contributed by atoms with Crippen LogP contribution in [0.15, 0.2) is 54.6 Å². The molecule has 2 rings (SSSR count). The SMILES string of the molecule is CN(C)c1cccc(C(=O)NNC(=O)CCNC(=O)c2ccccc2)c1. The number of rotatable bonds is 6. The average Bonchev–Trinajstić information content (AvgIpc) is 2.66. The van der Waals surface area contributed by atoms with Crippen LogP contribution in [0.2, 0.25) is 0 Å². The van der Waals surface area contributed by atoms with Gasteiger partial charge in [-0.25, -0.2) is 0 Å². The molecule has 7 nitrogen and oxygen atoms in total. The van der Waals surface area contributed by atoms with Crippen molar-refractivity contribution in [1.29, 1.82) is 0 Å². The Hall–Kier alpha value is -3.35. The molecule has 3 amide bonds. The van der Waals surface area contributed by atoms with Crippen LogP contribution < -0.4 is 21.1 Å². The fourth-order valence-corrected chi connectivity index (χ4v) is 2.17. The van der Waals surface area contributed by atoms with Crippen molar-refractivity contribution in [2.75, 3.05) is 25.5 Å². The molecule has 0 aromatic heterocycles. The molecule has 0 aliphatic rings. The summed E-state index contributed by atoms with van der Waals surface area (Å²) in [7, 11) is 3.76. The minimum atomic E-state index is -0.407. The molecular weight excluding hydrogens is 332 g/mol. The molecule has 0 saturated heterocycles. The molecule has 0 spiro atoms. The normalized spacial score (nSPS) is 9.92. The summed E-state index contributed by atoms with van der Waals surface area (Å²) in [4.78, 5) is 37.6. The highest BCUT2D eigenvalue weighted by Gasteiger charge is 2.09. The summed E-state index contributed by atoms with van der Waals surface area (Å²) in [5.74, 6) is -1.05. The fraction of sp³-hybridized carbons (Fsp3) is 0.211. The predicted octanol–water partition coefficient (Wildman–Crippen LogP) is 1.33. The van der Waals surface area contributed by atoms with E-state index in [1.807, 2.05) is 31.1 Å². The van der Waals surface area contributed by atoms with Crippen molar-refractivity contribution in [3.63, 3.8) is 0 Å². The first-order valence-corrected chi connectivity index (χ1v) is 8.17. The van der Waals surface area contributed by atoms with Crippen LogP contribution in [0.25, 0.3) is 0 Å². The van der Waals surface area contributed by atoms with Gasteiger partial charge in [-0.1, -0.05) is 24.3 Å². The van der Waals surface area contributed by atoms with Gasteiger partial charge in [-0.3, -0.25) is 25.2 Å². The minimum Gasteiger partial charge on any atom is -0.378 e. The van der Waals surface area contributed by atoms with Crippen molar-refractivity contribution in [2.45, 2.75) is 6.42 Å². The van der Waals surface area contributed by atoms with Gasteiger partial charge in [0, 0.05) is 43.9 Å². The number of hydrazine groups is 1. The number of benzene rings is 2. The lowest BCUT2D eigenvalue weighted by molar-refractivity contribution is -0.121. The summed E-state index contributed by atoms with van der Waals surface area (Å²) in [5, 5.41) is 2.65. The van der Waals surface area contributed by atoms with Gasteiger partial charge in [-0.2, -0.15) is 0 Å². The summed E-state index contributed by atoms with van der Waals surface area (Å²) in [6.45, 7) is 0.172. The molecule has 0 radical (unpaired) electrons. The lowest BCUT2D eigenvalue weighted by Crippen LogP contribution is -2.42. The van der Waals surface area contributed by atoms with Gasteiger partial charge in [0.1, 0.15) is 0 Å². The smallest absolute Gasteiger partial charge is 0.269 e. The molecule has 0 aliphatic carbocycles. The number of hydrogen-bond donors (Lipinski definition) is 3. The molecule has 0 bridgehead atoms. The Kier molecular flexibility index (Phi) is 6.73. The third-order valence-electron chi connectivity index (χ3n) is 3.61. The van der Waals surface area contributed by atoms with Gasteiger partial charge in [0.15, 0.2) is 0 Å². The molecule has 0 fully saturated rings. The van der Waals surface area contributed by atoms with Crippen LogP contribution in [0.5, 0.6) is 0 Å². The number of amides is 3. The highest BCUT2D eigenvalue weighted by Crippen LogP contribution is 2.12. The maximum atomic E-state index is 12.1. The lowest BCUT2D eigenvalue weighted by Gasteiger charge is -2.13. The number of nitrogens with one attached hydrogen (secondary N) is 3. The van der Waals surface area contributed by atoms with Crippen LogP contribution >= 0.6 is 0 Å². The van der Waals surface area contributed by atoms with E-state index in [2.05, 4.69) is 16.2 Å². The molecular formula is C19H22N4O3. The Morgan fingerprint density at radius 3 is 2.23 bits per heavy atom. The van der Waals surface area contributed by atoms with Crippen LogP contribution in [0.1, 0.15) is 27.1 Å². The van der Waals surface area contributed by atoms with E-state index in [4.69, 9.17) is 0 Å². The summed E-state index contributed by atoms with van der Waals surface area (Å²) in [5.41, 5.74) is 6.56. The van der Waals surface area contributed by atoms with E-state index in [1.54, 1.807) is 42.5 Å². The van der Waals surface area contributed by atoms with Crippen molar-refractivity contribution in [3.8, 4) is 0 Å². The summed E-state index contributed by atoms with van der Waals surface area (Å²) < 4.78 is 0. The van der Waals surface area contributed by atoms with Crippen molar-refractivity contribution < 1.29 is 14.4 Å². The number of carbonyl (C=O) groups is 3. The lowest BCUT2D eigenvalue weighted by atomic mass is 10.2. The van der Waals surface area contributed by atoms with Gasteiger partial charge in [-0.05, 0) is 30.3 Å². The Morgan fingerprint density at radius 1 is 0.846 bits per heavy atom. The van der Waals surface area contributed by atoms with Gasteiger partial charge < -0.3 is 10.2 Å². The summed E-state index contributed by atoms with van der Waals surface area (Å²) in [6.07, 6.45) is 0.0522. The maximum Gasteiger partial charge on any atom is 0.269 e. The number of hydrogen-bond acceptors (Lipinski definition) is 4. The molecule has 0 atom stereocenters. The van der Waals surface area contributed by atoms with Crippen LogP contribution in [0.4, 0.5) is 5.69 Å². The zero-order chi connectivity index (χ0) is 18.9. The van der Waals surface area contributed by atoms with Gasteiger partial charge in [-0.15, -0.1) is 0 Å². The van der Waals surface area contributed by atoms with Crippen molar-refractivity contribution in [1.82, 2.24) is 16.2 Å². The highest BCUT2D eigenvalue weighted by molar-refractivity contribution is 5.96. The second kappa shape index (κ2) is 9.22. The molecule has 0 heterocycles. The van der Waals surface area contributed by atoms with Crippen LogP contribution in [-0.2, 0) is 4.79 Å². The van der Waals surface area contributed by atoms with Gasteiger partial charge in [0.05, 0.1) is 0 Å². The van der Waals surface area contributed by atoms with E-state index >= 15 is 0 Å². The van der Waals surface area contributed by atoms with Crippen LogP contribution in [0.3, 0.4) is 0 Å². The Labute approximate surface area is 152 Å². The molecule has 26 heavy (non-hydrogen) atoms. The molecule has 7 heteroatoms. The van der Waals surface area contributed by atoms with Gasteiger partial charge in [0.2, 0.25) is 5.91 Å². The zero-order valence-corrected chi connectivity index (χ0v) is 14.8. The quantitative estimate of drug-likeness (QED) is 0.683. The fourth-order valence-electron chi connectivity index (χ4n) is 2.17. The first-order chi connectivity index (χ1) is 12.5. The minimum absolute atomic E-state index is 0.0522. The molecule has 0 saturated carbocycles. The van der Waals surface area contributed by atoms with Crippen molar-refractivity contribution in [2.24, 2.45) is 0 Å². The Bertz CT molecular complexity index is 775. The molecule has 0 unspecified atom stereocenters. The molecule has 2 aromatic carbocycles. The van der Waals surface area contributed by atoms with E-state index in [9.17, 15) is 14.4 Å². The second-order valence-corrected chi connectivity index (χ2v) is 5.82. The summed E-state index contributed by atoms with van der Waals surface area (Å²) >= 11 is 0. The topological polar surface area (TPSA) is 90.5 Å². The zero-order valence-electron chi connectivity index (χ0n) is 14.8. The predicted molar refractivity (Wildman–Crippen MR) is 99.8 cm³/mol. The third-order valence-corrected chi connectivity index (χ3v) is 3.61. The molecule has 136 valence electrons. The first kappa shape index (κ1) is 19.0. The standard InChI is InChI=1S/C19H22N4O3/c1-23(2)16-10-6-9-15(13-16)19(26)22-21-17(24)11-12-20-18(25)14-7-4-3-5-8-14/h3-10,13H,11-12H2,1-2H3,(H,20,25)(H,21,24)(H,22,26). The van der Waals surface area contributed by atoms with E-state index in [0.29, 0.717) is 11.1 Å². The summed E-state index contributed by atoms with van der Waals surface area (Å²) in [6, 6.07) is 15.8. The van der Waals surface area contributed by atoms with Gasteiger partial charge in [0.25, 0.3) is 11.8 Å². The van der Waals surface area contributed by atoms with Crippen LogP contribution in [0, 0.1) is 0 Å². The van der Waals surface area contributed by atoms with Crippen molar-refractivity contribution in [3.05, 3.63) is 65.7 Å². The van der Waals surface area contributed by atoms with E-state index in [-0.39, 0.29) is 18.9 Å². The Balaban J connectivity index is 1.74. The number of carbonyl (C=O) groups excluding carboxylic acids is 3. The Morgan fingerprint density at radius 2 is 1.54 bits per heavy atom. The van der Waals surface area contributed by atoms with Gasteiger partial charge >= 0.3 is 0 Å². The number of anilines is 1. The molecule has 2 aromatic rings. The highest BCUT2D eigenvalue weighted by atomic mass is 16.2. The van der Waals surface area contributed by atoms with Crippen LogP contribution in [-0.4, -0.2) is 38.4 Å². The van der Waals surface area contributed by atoms with Crippen molar-refractivity contribution >= 4 is 23.4 Å². The average molecular weight is 354 g/mol. The first-order valence-electron chi connectivity index (χ1n) is 8.17. The molecule has 3 N–H and O–H groups in total. The second-order valence-electron chi connectivity index (χ2n) is 5.82. The third kappa shape index (κ3) is 5.62. The largest absolute Gasteiger partial charge is 0.378 e. The van der Waals surface area contributed by atoms with E-state index < -0.39 is 11.8 Å². The van der Waals surface area contributed by atoms with E-state index in [0.717, 1.165) is 5.69 Å². The van der Waals surface area contributed by atoms with E-state index in [1.165, 1.54) is 0 Å². The molecule has 0 aliphatic heterocycles. The monoisotopic (exact) mass is 354 g/mol. The number of nitrogens with zero attached hydrogens (tertiary/aromatic N) is 1. The maximum absolute atomic E-state index is 12.1.